The second kappa shape index (κ2) is 20.4. The predicted octanol–water partition coefficient (Wildman–Crippen LogP) is 3.10. The summed E-state index contributed by atoms with van der Waals surface area (Å²) in [6.45, 7) is 11.4. The zero-order chi connectivity index (χ0) is 33.2. The number of aliphatic hydroxyl groups is 1. The maximum absolute atomic E-state index is 13.4. The van der Waals surface area contributed by atoms with Crippen LogP contribution in [0.2, 0.25) is 0 Å². The molecule has 0 radical (unpaired) electrons. The van der Waals surface area contributed by atoms with Crippen LogP contribution in [0.3, 0.4) is 0 Å². The van der Waals surface area contributed by atoms with Crippen LogP contribution in [-0.2, 0) is 42.7 Å². The average molecular weight is 671 g/mol. The molecule has 5 rings (SSSR count). The first-order chi connectivity index (χ1) is 23.7. The third kappa shape index (κ3) is 11.0. The Hall–Kier alpha value is -3.07. The highest BCUT2D eigenvalue weighted by molar-refractivity contribution is 6.31. The molecule has 1 aliphatic carbocycles. The van der Waals surface area contributed by atoms with E-state index in [4.69, 9.17) is 37.9 Å². The molecule has 2 aromatic rings. The van der Waals surface area contributed by atoms with E-state index in [0.717, 1.165) is 16.9 Å². The van der Waals surface area contributed by atoms with Gasteiger partial charge in [-0.25, -0.2) is 0 Å². The Morgan fingerprint density at radius 1 is 0.458 bits per heavy atom. The molecule has 0 aromatic heterocycles. The van der Waals surface area contributed by atoms with Crippen molar-refractivity contribution in [3.05, 3.63) is 65.4 Å². The van der Waals surface area contributed by atoms with E-state index in [1.807, 2.05) is 48.5 Å². The number of hydrogen-bond donors (Lipinski definition) is 1. The highest BCUT2D eigenvalue weighted by atomic mass is 16.6. The maximum Gasteiger partial charge on any atom is 0.181 e. The number of carbonyl (C=O) groups excluding carboxylic acids is 1. The van der Waals surface area contributed by atoms with E-state index >= 15 is 0 Å². The van der Waals surface area contributed by atoms with Gasteiger partial charge in [-0.3, -0.25) is 4.79 Å². The fourth-order valence-corrected chi connectivity index (χ4v) is 5.74. The Bertz CT molecular complexity index is 1220. The number of nitrogens with zero attached hydrogens (tertiary/aromatic N) is 2. The van der Waals surface area contributed by atoms with Gasteiger partial charge >= 0.3 is 0 Å². The van der Waals surface area contributed by atoms with Gasteiger partial charge in [-0.2, -0.15) is 0 Å². The second-order valence-electron chi connectivity index (χ2n) is 11.6. The normalized spacial score (nSPS) is 22.9. The summed E-state index contributed by atoms with van der Waals surface area (Å²) in [6.07, 6.45) is 0. The molecule has 2 heterocycles. The van der Waals surface area contributed by atoms with Crippen LogP contribution in [-0.4, -0.2) is 143 Å². The number of Topliss-reactive ketones (excluding diaryl/α,β-unsaturated/α-hetero) is 1. The smallest absolute Gasteiger partial charge is 0.181 e. The standard InChI is InChI=1S/C36H50N2O10/c39-35-33(29-1-5-31(6-2-29)37-9-13-41-17-21-45-25-26-46-22-18-42-14-10-37)36(40)34(35)30-3-7-32(8-4-30)38-11-15-43-19-23-47-27-28-48-24-20-44-16-12-38/h1-8,33,39H,9-28H2. The summed E-state index contributed by atoms with van der Waals surface area (Å²) < 4.78 is 45.1. The highest BCUT2D eigenvalue weighted by Crippen LogP contribution is 2.43. The minimum Gasteiger partial charge on any atom is -0.510 e. The van der Waals surface area contributed by atoms with Crippen LogP contribution in [0.25, 0.3) is 5.57 Å². The summed E-state index contributed by atoms with van der Waals surface area (Å²) in [5.41, 5.74) is 3.81. The molecule has 1 N–H and O–H groups in total. The molecule has 0 spiro atoms. The lowest BCUT2D eigenvalue weighted by Gasteiger charge is -2.30. The fraction of sp³-hybridized carbons (Fsp3) is 0.583. The van der Waals surface area contributed by atoms with Crippen molar-refractivity contribution < 1.29 is 47.8 Å². The molecular weight excluding hydrogens is 620 g/mol. The van der Waals surface area contributed by atoms with Crippen molar-refractivity contribution in [3.63, 3.8) is 0 Å². The number of rotatable bonds is 4. The van der Waals surface area contributed by atoms with Crippen molar-refractivity contribution in [3.8, 4) is 0 Å². The van der Waals surface area contributed by atoms with E-state index in [2.05, 4.69) is 9.80 Å². The van der Waals surface area contributed by atoms with Crippen LogP contribution in [0.15, 0.2) is 54.3 Å². The number of aliphatic hydroxyl groups excluding tert-OH is 1. The van der Waals surface area contributed by atoms with Crippen molar-refractivity contribution in [2.75, 3.05) is 142 Å². The van der Waals surface area contributed by atoms with Crippen LogP contribution in [0, 0.1) is 0 Å². The predicted molar refractivity (Wildman–Crippen MR) is 181 cm³/mol. The molecule has 0 amide bonds. The van der Waals surface area contributed by atoms with Crippen LogP contribution in [0.4, 0.5) is 11.4 Å². The van der Waals surface area contributed by atoms with E-state index < -0.39 is 5.92 Å². The van der Waals surface area contributed by atoms with Crippen LogP contribution in [0.1, 0.15) is 17.0 Å². The molecule has 1 atom stereocenters. The average Bonchev–Trinajstić information content (AvgIpc) is 3.12. The summed E-state index contributed by atoms with van der Waals surface area (Å²) in [6, 6.07) is 15.5. The van der Waals surface area contributed by atoms with Gasteiger partial charge < -0.3 is 52.8 Å². The minimum atomic E-state index is -0.668. The first-order valence-corrected chi connectivity index (χ1v) is 17.0. The van der Waals surface area contributed by atoms with Gasteiger partial charge in [0.25, 0.3) is 0 Å². The summed E-state index contributed by atoms with van der Waals surface area (Å²) in [7, 11) is 0. The van der Waals surface area contributed by atoms with Crippen molar-refractivity contribution in [1.29, 1.82) is 0 Å². The van der Waals surface area contributed by atoms with Gasteiger partial charge in [-0.05, 0) is 35.4 Å². The lowest BCUT2D eigenvalue weighted by Crippen LogP contribution is -2.32. The molecule has 12 nitrogen and oxygen atoms in total. The molecule has 2 saturated heterocycles. The molecule has 2 fully saturated rings. The van der Waals surface area contributed by atoms with Gasteiger partial charge in [0, 0.05) is 37.6 Å². The van der Waals surface area contributed by atoms with Gasteiger partial charge in [0.1, 0.15) is 11.7 Å². The SMILES string of the molecule is O=C1C(c2ccc(N3CCOCCOCCOCCOCC3)cc2)=C(O)C1c1ccc(N2CCOCCOCCOCCOCC2)cc1. The molecule has 0 bridgehead atoms. The van der Waals surface area contributed by atoms with E-state index in [9.17, 15) is 9.90 Å². The number of benzene rings is 2. The molecular formula is C36H50N2O10. The molecule has 3 aliphatic rings. The zero-order valence-corrected chi connectivity index (χ0v) is 27.9. The van der Waals surface area contributed by atoms with Gasteiger partial charge in [0.05, 0.1) is 111 Å². The first kappa shape index (κ1) is 36.2. The lowest BCUT2D eigenvalue weighted by molar-refractivity contribution is -0.116. The topological polar surface area (TPSA) is 118 Å². The molecule has 1 unspecified atom stereocenters. The first-order valence-electron chi connectivity index (χ1n) is 17.0. The summed E-state index contributed by atoms with van der Waals surface area (Å²) in [4.78, 5) is 17.8. The van der Waals surface area contributed by atoms with Crippen molar-refractivity contribution in [1.82, 2.24) is 0 Å². The van der Waals surface area contributed by atoms with E-state index in [1.54, 1.807) is 0 Å². The Kier molecular flexibility index (Phi) is 15.4. The molecule has 264 valence electrons. The fourth-order valence-electron chi connectivity index (χ4n) is 5.74. The second-order valence-corrected chi connectivity index (χ2v) is 11.6. The van der Waals surface area contributed by atoms with E-state index in [1.165, 1.54) is 0 Å². The van der Waals surface area contributed by atoms with Gasteiger partial charge in [-0.15, -0.1) is 0 Å². The number of ketones is 1. The Morgan fingerprint density at radius 2 is 0.771 bits per heavy atom. The lowest BCUT2D eigenvalue weighted by atomic mass is 9.75. The van der Waals surface area contributed by atoms with Crippen molar-refractivity contribution >= 4 is 22.7 Å². The largest absolute Gasteiger partial charge is 0.510 e. The quantitative estimate of drug-likeness (QED) is 0.515. The molecule has 2 aromatic carbocycles. The maximum atomic E-state index is 13.4. The number of ether oxygens (including phenoxy) is 8. The van der Waals surface area contributed by atoms with Crippen LogP contribution >= 0.6 is 0 Å². The zero-order valence-electron chi connectivity index (χ0n) is 27.9. The van der Waals surface area contributed by atoms with Crippen LogP contribution < -0.4 is 9.80 Å². The number of carbonyl (C=O) groups is 1. The van der Waals surface area contributed by atoms with Gasteiger partial charge in [0.2, 0.25) is 0 Å². The number of allylic oxidation sites excluding steroid dienone is 2. The third-order valence-corrected chi connectivity index (χ3v) is 8.41. The van der Waals surface area contributed by atoms with Gasteiger partial charge in [0.15, 0.2) is 5.78 Å². The van der Waals surface area contributed by atoms with Crippen molar-refractivity contribution in [2.45, 2.75) is 5.92 Å². The Morgan fingerprint density at radius 3 is 1.10 bits per heavy atom. The summed E-state index contributed by atoms with van der Waals surface area (Å²) >= 11 is 0. The highest BCUT2D eigenvalue weighted by Gasteiger charge is 2.41. The van der Waals surface area contributed by atoms with E-state index in [0.29, 0.717) is 143 Å². The minimum absolute atomic E-state index is 0.0890. The summed E-state index contributed by atoms with van der Waals surface area (Å²) in [5.74, 6) is -0.659. The molecule has 48 heavy (non-hydrogen) atoms. The summed E-state index contributed by atoms with van der Waals surface area (Å²) in [5, 5.41) is 11.1. The molecule has 0 saturated carbocycles. The Labute approximate surface area is 283 Å². The van der Waals surface area contributed by atoms with Gasteiger partial charge in [-0.1, -0.05) is 24.3 Å². The van der Waals surface area contributed by atoms with E-state index in [-0.39, 0.29) is 11.5 Å². The van der Waals surface area contributed by atoms with Crippen LogP contribution in [0.5, 0.6) is 0 Å². The Balaban J connectivity index is 1.19. The number of anilines is 2. The third-order valence-electron chi connectivity index (χ3n) is 8.41. The van der Waals surface area contributed by atoms with Crippen molar-refractivity contribution in [2.24, 2.45) is 0 Å². The molecule has 12 heteroatoms. The molecule has 2 aliphatic heterocycles. The monoisotopic (exact) mass is 670 g/mol. The number of hydrogen-bond acceptors (Lipinski definition) is 12.